The zero-order valence-electron chi connectivity index (χ0n) is 18.5. The number of methoxy groups -OCH3 is 2. The lowest BCUT2D eigenvalue weighted by molar-refractivity contribution is -0.122. The van der Waals surface area contributed by atoms with Gasteiger partial charge in [-0.1, -0.05) is 6.07 Å². The monoisotopic (exact) mass is 434 g/mol. The van der Waals surface area contributed by atoms with Gasteiger partial charge in [0.2, 0.25) is 15.9 Å². The van der Waals surface area contributed by atoms with Crippen LogP contribution >= 0.6 is 0 Å². The molecule has 7 nitrogen and oxygen atoms in total. The van der Waals surface area contributed by atoms with E-state index >= 15 is 0 Å². The lowest BCUT2D eigenvalue weighted by Crippen LogP contribution is -2.48. The molecule has 0 fully saturated rings. The van der Waals surface area contributed by atoms with Crippen LogP contribution < -0.4 is 19.1 Å². The van der Waals surface area contributed by atoms with Crippen LogP contribution in [0.2, 0.25) is 0 Å². The third-order valence-corrected chi connectivity index (χ3v) is 6.05. The molecular formula is C22H30N2O5S. The number of rotatable bonds is 8. The number of aryl methyl sites for hydroxylation is 2. The Morgan fingerprint density at radius 1 is 1.00 bits per heavy atom. The molecule has 0 radical (unpaired) electrons. The fourth-order valence-electron chi connectivity index (χ4n) is 3.48. The van der Waals surface area contributed by atoms with E-state index < -0.39 is 28.0 Å². The highest BCUT2D eigenvalue weighted by molar-refractivity contribution is 7.92. The van der Waals surface area contributed by atoms with E-state index in [0.717, 1.165) is 27.3 Å². The molecule has 2 aromatic carbocycles. The van der Waals surface area contributed by atoms with Gasteiger partial charge in [-0.3, -0.25) is 9.10 Å². The Morgan fingerprint density at radius 2 is 1.60 bits per heavy atom. The van der Waals surface area contributed by atoms with Gasteiger partial charge in [-0.2, -0.15) is 0 Å². The number of anilines is 1. The van der Waals surface area contributed by atoms with E-state index in [-0.39, 0.29) is 0 Å². The van der Waals surface area contributed by atoms with Gasteiger partial charge in [0.1, 0.15) is 17.5 Å². The van der Waals surface area contributed by atoms with E-state index in [0.29, 0.717) is 17.2 Å². The van der Waals surface area contributed by atoms with Crippen molar-refractivity contribution in [3.05, 3.63) is 53.1 Å². The summed E-state index contributed by atoms with van der Waals surface area (Å²) in [7, 11) is -0.582. The first-order valence-corrected chi connectivity index (χ1v) is 11.4. The average Bonchev–Trinajstić information content (AvgIpc) is 2.65. The zero-order chi connectivity index (χ0) is 22.6. The summed E-state index contributed by atoms with van der Waals surface area (Å²) >= 11 is 0. The molecule has 2 aromatic rings. The molecule has 0 heterocycles. The Bertz CT molecular complexity index is 1000. The minimum Gasteiger partial charge on any atom is -0.497 e. The Morgan fingerprint density at radius 3 is 2.10 bits per heavy atom. The predicted octanol–water partition coefficient (Wildman–Crippen LogP) is 3.35. The van der Waals surface area contributed by atoms with E-state index in [1.165, 1.54) is 0 Å². The number of benzene rings is 2. The van der Waals surface area contributed by atoms with Gasteiger partial charge in [0.25, 0.3) is 0 Å². The highest BCUT2D eigenvalue weighted by atomic mass is 32.2. The molecule has 0 aliphatic heterocycles. The molecule has 0 bridgehead atoms. The molecule has 0 aliphatic carbocycles. The van der Waals surface area contributed by atoms with E-state index in [1.807, 2.05) is 26.8 Å². The number of carbonyl (C=O) groups is 1. The maximum absolute atomic E-state index is 13.0. The maximum Gasteiger partial charge on any atom is 0.244 e. The van der Waals surface area contributed by atoms with Gasteiger partial charge < -0.3 is 14.8 Å². The normalized spacial score (nSPS) is 13.3. The second kappa shape index (κ2) is 9.38. The number of nitrogens with zero attached hydrogens (tertiary/aromatic N) is 1. The molecule has 0 spiro atoms. The molecule has 0 saturated carbocycles. The lowest BCUT2D eigenvalue weighted by atomic mass is 10.1. The van der Waals surface area contributed by atoms with E-state index in [9.17, 15) is 13.2 Å². The van der Waals surface area contributed by atoms with Gasteiger partial charge in [0.15, 0.2) is 0 Å². The fraction of sp³-hybridized carbons (Fsp3) is 0.409. The Hall–Kier alpha value is -2.74. The van der Waals surface area contributed by atoms with Gasteiger partial charge >= 0.3 is 0 Å². The van der Waals surface area contributed by atoms with Crippen LogP contribution in [-0.2, 0) is 14.8 Å². The number of amides is 1. The molecule has 1 amide bonds. The summed E-state index contributed by atoms with van der Waals surface area (Å²) in [6, 6.07) is 9.41. The second-order valence-corrected chi connectivity index (χ2v) is 9.28. The molecule has 2 rings (SSSR count). The summed E-state index contributed by atoms with van der Waals surface area (Å²) < 4.78 is 36.9. The first-order chi connectivity index (χ1) is 14.0. The van der Waals surface area contributed by atoms with E-state index in [2.05, 4.69) is 5.32 Å². The van der Waals surface area contributed by atoms with Crippen molar-refractivity contribution in [3.63, 3.8) is 0 Å². The summed E-state index contributed by atoms with van der Waals surface area (Å²) in [5.41, 5.74) is 3.03. The van der Waals surface area contributed by atoms with Crippen LogP contribution in [0.15, 0.2) is 36.4 Å². The van der Waals surface area contributed by atoms with Gasteiger partial charge in [-0.15, -0.1) is 0 Å². The smallest absolute Gasteiger partial charge is 0.244 e. The largest absolute Gasteiger partial charge is 0.497 e. The number of hydrogen-bond donors (Lipinski definition) is 1. The van der Waals surface area contributed by atoms with Crippen LogP contribution in [0.1, 0.15) is 36.6 Å². The molecule has 164 valence electrons. The zero-order valence-corrected chi connectivity index (χ0v) is 19.3. The van der Waals surface area contributed by atoms with Crippen molar-refractivity contribution in [1.29, 1.82) is 0 Å². The quantitative estimate of drug-likeness (QED) is 0.689. The molecule has 1 N–H and O–H groups in total. The molecule has 0 aliphatic rings. The molecule has 0 unspecified atom stereocenters. The minimum absolute atomic E-state index is 0.419. The summed E-state index contributed by atoms with van der Waals surface area (Å²) in [6.07, 6.45) is 1.10. The predicted molar refractivity (Wildman–Crippen MR) is 119 cm³/mol. The van der Waals surface area contributed by atoms with Crippen LogP contribution in [0.25, 0.3) is 0 Å². The van der Waals surface area contributed by atoms with Crippen molar-refractivity contribution in [1.82, 2.24) is 5.32 Å². The lowest BCUT2D eigenvalue weighted by Gasteiger charge is -2.30. The third-order valence-electron chi connectivity index (χ3n) is 4.81. The Kier molecular flexibility index (Phi) is 7.36. The van der Waals surface area contributed by atoms with Crippen LogP contribution in [0.3, 0.4) is 0 Å². The SMILES string of the molecule is COc1ccc(OC)c([C@H](C)NC(=O)[C@H](C)N(c2cc(C)cc(C)c2)S(C)(=O)=O)c1. The van der Waals surface area contributed by atoms with E-state index in [1.54, 1.807) is 51.5 Å². The summed E-state index contributed by atoms with van der Waals surface area (Å²) in [5.74, 6) is 0.815. The van der Waals surface area contributed by atoms with Crippen molar-refractivity contribution in [2.24, 2.45) is 0 Å². The maximum atomic E-state index is 13.0. The third kappa shape index (κ3) is 5.44. The molecular weight excluding hydrogens is 404 g/mol. The Labute approximate surface area is 179 Å². The number of hydrogen-bond acceptors (Lipinski definition) is 5. The summed E-state index contributed by atoms with van der Waals surface area (Å²) in [5, 5.41) is 2.89. The van der Waals surface area contributed by atoms with Crippen LogP contribution in [0.4, 0.5) is 5.69 Å². The Balaban J connectivity index is 2.34. The average molecular weight is 435 g/mol. The fourth-order valence-corrected chi connectivity index (χ4v) is 4.63. The summed E-state index contributed by atoms with van der Waals surface area (Å²) in [4.78, 5) is 13.0. The van der Waals surface area contributed by atoms with Crippen molar-refractivity contribution in [2.45, 2.75) is 39.8 Å². The van der Waals surface area contributed by atoms with Gasteiger partial charge in [0.05, 0.1) is 32.2 Å². The highest BCUT2D eigenvalue weighted by Crippen LogP contribution is 2.30. The molecule has 0 saturated heterocycles. The number of nitrogens with one attached hydrogen (secondary N) is 1. The van der Waals surface area contributed by atoms with Crippen molar-refractivity contribution in [3.8, 4) is 11.5 Å². The van der Waals surface area contributed by atoms with Crippen molar-refractivity contribution >= 4 is 21.6 Å². The van der Waals surface area contributed by atoms with Gasteiger partial charge in [-0.25, -0.2) is 8.42 Å². The molecule has 8 heteroatoms. The van der Waals surface area contributed by atoms with Crippen LogP contribution in [0, 0.1) is 13.8 Å². The summed E-state index contributed by atoms with van der Waals surface area (Å²) in [6.45, 7) is 7.16. The van der Waals surface area contributed by atoms with Crippen LogP contribution in [-0.4, -0.2) is 40.8 Å². The van der Waals surface area contributed by atoms with Crippen molar-refractivity contribution < 1.29 is 22.7 Å². The number of carbonyl (C=O) groups excluding carboxylic acids is 1. The minimum atomic E-state index is -3.69. The second-order valence-electron chi connectivity index (χ2n) is 7.42. The van der Waals surface area contributed by atoms with E-state index in [4.69, 9.17) is 9.47 Å². The first kappa shape index (κ1) is 23.5. The van der Waals surface area contributed by atoms with Crippen molar-refractivity contribution in [2.75, 3.05) is 24.8 Å². The number of ether oxygens (including phenoxy) is 2. The van der Waals surface area contributed by atoms with Gasteiger partial charge in [0, 0.05) is 5.56 Å². The molecule has 0 aromatic heterocycles. The standard InChI is InChI=1S/C22H30N2O5S/c1-14-10-15(2)12-18(11-14)24(30(7,26)27)17(4)22(25)23-16(3)20-13-19(28-5)8-9-21(20)29-6/h8-13,16-17H,1-7H3,(H,23,25)/t16-,17-/m0/s1. The first-order valence-electron chi connectivity index (χ1n) is 9.58. The number of sulfonamides is 1. The van der Waals surface area contributed by atoms with Gasteiger partial charge in [-0.05, 0) is 69.2 Å². The highest BCUT2D eigenvalue weighted by Gasteiger charge is 2.30. The topological polar surface area (TPSA) is 84.9 Å². The van der Waals surface area contributed by atoms with Crippen LogP contribution in [0.5, 0.6) is 11.5 Å². The molecule has 30 heavy (non-hydrogen) atoms. The molecule has 2 atom stereocenters.